The number of hydrogen-bond donors (Lipinski definition) is 1. The van der Waals surface area contributed by atoms with Gasteiger partial charge < -0.3 is 14.6 Å². The maximum atomic E-state index is 12.8. The first-order chi connectivity index (χ1) is 11.2. The van der Waals surface area contributed by atoms with Crippen molar-refractivity contribution in [2.75, 3.05) is 7.05 Å². The van der Waals surface area contributed by atoms with E-state index in [-0.39, 0.29) is 12.0 Å². The standard InChI is InChI=1S/C18H24N2O3S/c1-10(2)23-18(22)15-12(4)16(19-13(15)5)17(21)20(6)9-14-11(3)7-8-24-14/h7-8,10,19H,9H2,1-6H3. The number of carbonyl (C=O) groups is 2. The maximum Gasteiger partial charge on any atom is 0.340 e. The number of H-pyrrole nitrogens is 1. The van der Waals surface area contributed by atoms with E-state index in [9.17, 15) is 9.59 Å². The maximum absolute atomic E-state index is 12.8. The van der Waals surface area contributed by atoms with Crippen molar-refractivity contribution < 1.29 is 14.3 Å². The van der Waals surface area contributed by atoms with E-state index < -0.39 is 5.97 Å². The van der Waals surface area contributed by atoms with Gasteiger partial charge in [0.05, 0.1) is 18.2 Å². The van der Waals surface area contributed by atoms with Crippen LogP contribution in [0.3, 0.4) is 0 Å². The third-order valence-corrected chi connectivity index (χ3v) is 4.90. The van der Waals surface area contributed by atoms with Crippen LogP contribution < -0.4 is 0 Å². The molecule has 5 nitrogen and oxygen atoms in total. The fourth-order valence-electron chi connectivity index (χ4n) is 2.59. The topological polar surface area (TPSA) is 62.4 Å². The normalized spacial score (nSPS) is 11.0. The van der Waals surface area contributed by atoms with Crippen molar-refractivity contribution in [3.63, 3.8) is 0 Å². The molecule has 0 atom stereocenters. The van der Waals surface area contributed by atoms with Crippen LogP contribution in [-0.4, -0.2) is 34.9 Å². The van der Waals surface area contributed by atoms with Gasteiger partial charge in [-0.05, 0) is 57.2 Å². The molecule has 0 aliphatic heterocycles. The molecule has 1 amide bonds. The molecule has 130 valence electrons. The highest BCUT2D eigenvalue weighted by atomic mass is 32.1. The van der Waals surface area contributed by atoms with Gasteiger partial charge in [-0.25, -0.2) is 4.79 Å². The molecule has 2 rings (SSSR count). The van der Waals surface area contributed by atoms with E-state index in [0.717, 1.165) is 4.88 Å². The quantitative estimate of drug-likeness (QED) is 0.835. The molecule has 1 N–H and O–H groups in total. The second-order valence-corrected chi connectivity index (χ2v) is 7.27. The number of nitrogens with zero attached hydrogens (tertiary/aromatic N) is 1. The first kappa shape index (κ1) is 18.3. The number of amides is 1. The van der Waals surface area contributed by atoms with Gasteiger partial charge in [0, 0.05) is 17.6 Å². The van der Waals surface area contributed by atoms with Crippen molar-refractivity contribution in [2.45, 2.75) is 47.3 Å². The smallest absolute Gasteiger partial charge is 0.340 e. The van der Waals surface area contributed by atoms with E-state index in [2.05, 4.69) is 4.98 Å². The van der Waals surface area contributed by atoms with Gasteiger partial charge in [-0.2, -0.15) is 0 Å². The highest BCUT2D eigenvalue weighted by Crippen LogP contribution is 2.23. The number of hydrogen-bond acceptors (Lipinski definition) is 4. The van der Waals surface area contributed by atoms with Gasteiger partial charge in [0.15, 0.2) is 0 Å². The lowest BCUT2D eigenvalue weighted by Crippen LogP contribution is -2.27. The molecule has 0 unspecified atom stereocenters. The van der Waals surface area contributed by atoms with Gasteiger partial charge in [0.1, 0.15) is 5.69 Å². The molecule has 2 heterocycles. The lowest BCUT2D eigenvalue weighted by molar-refractivity contribution is 0.0376. The number of esters is 1. The Morgan fingerprint density at radius 2 is 1.96 bits per heavy atom. The number of ether oxygens (including phenoxy) is 1. The summed E-state index contributed by atoms with van der Waals surface area (Å²) in [6.07, 6.45) is -0.199. The number of rotatable bonds is 5. The molecule has 6 heteroatoms. The highest BCUT2D eigenvalue weighted by molar-refractivity contribution is 7.10. The molecule has 2 aromatic rings. The van der Waals surface area contributed by atoms with Crippen LogP contribution in [0.15, 0.2) is 11.4 Å². The summed E-state index contributed by atoms with van der Waals surface area (Å²) < 4.78 is 5.27. The predicted molar refractivity (Wildman–Crippen MR) is 95.7 cm³/mol. The molecule has 0 radical (unpaired) electrons. The van der Waals surface area contributed by atoms with Crippen molar-refractivity contribution in [3.8, 4) is 0 Å². The summed E-state index contributed by atoms with van der Waals surface area (Å²) in [6.45, 7) is 9.75. The largest absolute Gasteiger partial charge is 0.459 e. The molecule has 0 saturated carbocycles. The SMILES string of the molecule is Cc1ccsc1CN(C)C(=O)c1[nH]c(C)c(C(=O)OC(C)C)c1C. The Labute approximate surface area is 146 Å². The Balaban J connectivity index is 2.24. The number of aryl methyl sites for hydroxylation is 2. The van der Waals surface area contributed by atoms with E-state index in [4.69, 9.17) is 4.74 Å². The van der Waals surface area contributed by atoms with Crippen molar-refractivity contribution in [1.82, 2.24) is 9.88 Å². The second-order valence-electron chi connectivity index (χ2n) is 6.27. The zero-order chi connectivity index (χ0) is 18.0. The van der Waals surface area contributed by atoms with E-state index in [1.165, 1.54) is 5.56 Å². The van der Waals surface area contributed by atoms with Crippen molar-refractivity contribution in [2.24, 2.45) is 0 Å². The highest BCUT2D eigenvalue weighted by Gasteiger charge is 2.25. The summed E-state index contributed by atoms with van der Waals surface area (Å²) in [5, 5.41) is 2.02. The van der Waals surface area contributed by atoms with Crippen LogP contribution in [0, 0.1) is 20.8 Å². The molecular weight excluding hydrogens is 324 g/mol. The Bertz CT molecular complexity index is 758. The van der Waals surface area contributed by atoms with Crippen LogP contribution in [0.2, 0.25) is 0 Å². The minimum Gasteiger partial charge on any atom is -0.459 e. The summed E-state index contributed by atoms with van der Waals surface area (Å²) in [5.41, 5.74) is 3.37. The molecule has 0 spiro atoms. The summed E-state index contributed by atoms with van der Waals surface area (Å²) in [5.74, 6) is -0.529. The Morgan fingerprint density at radius 1 is 1.29 bits per heavy atom. The molecule has 0 fully saturated rings. The van der Waals surface area contributed by atoms with Gasteiger partial charge >= 0.3 is 5.97 Å². The third kappa shape index (κ3) is 3.70. The molecule has 0 bridgehead atoms. The summed E-state index contributed by atoms with van der Waals surface area (Å²) >= 11 is 1.64. The molecule has 0 aliphatic rings. The van der Waals surface area contributed by atoms with Crippen LogP contribution in [0.1, 0.15) is 56.4 Å². The summed E-state index contributed by atoms with van der Waals surface area (Å²) in [4.78, 5) is 30.9. The number of carbonyl (C=O) groups excluding carboxylic acids is 2. The molecule has 0 aromatic carbocycles. The number of aromatic amines is 1. The lowest BCUT2D eigenvalue weighted by atomic mass is 10.1. The minimum atomic E-state index is -0.396. The molecular formula is C18H24N2O3S. The fourth-order valence-corrected chi connectivity index (χ4v) is 3.55. The van der Waals surface area contributed by atoms with Gasteiger partial charge in [-0.3, -0.25) is 4.79 Å². The zero-order valence-corrected chi connectivity index (χ0v) is 15.8. The van der Waals surface area contributed by atoms with Gasteiger partial charge in [-0.15, -0.1) is 11.3 Å². The van der Waals surface area contributed by atoms with Crippen molar-refractivity contribution in [3.05, 3.63) is 44.4 Å². The molecule has 24 heavy (non-hydrogen) atoms. The Morgan fingerprint density at radius 3 is 2.50 bits per heavy atom. The zero-order valence-electron chi connectivity index (χ0n) is 15.0. The van der Waals surface area contributed by atoms with E-state index in [1.54, 1.807) is 51.0 Å². The lowest BCUT2D eigenvalue weighted by Gasteiger charge is -2.16. The first-order valence-corrected chi connectivity index (χ1v) is 8.78. The molecule has 0 aliphatic carbocycles. The van der Waals surface area contributed by atoms with Crippen LogP contribution in [0.4, 0.5) is 0 Å². The predicted octanol–water partition coefficient (Wildman–Crippen LogP) is 3.84. The minimum absolute atomic E-state index is 0.132. The number of aromatic nitrogens is 1. The Kier molecular flexibility index (Phi) is 5.49. The Hall–Kier alpha value is -2.08. The van der Waals surface area contributed by atoms with Gasteiger partial charge in [0.2, 0.25) is 0 Å². The van der Waals surface area contributed by atoms with Crippen LogP contribution in [0.5, 0.6) is 0 Å². The molecule has 0 saturated heterocycles. The average molecular weight is 348 g/mol. The monoisotopic (exact) mass is 348 g/mol. The number of thiophene rings is 1. The fraction of sp³-hybridized carbons (Fsp3) is 0.444. The second kappa shape index (κ2) is 7.21. The van der Waals surface area contributed by atoms with Crippen molar-refractivity contribution >= 4 is 23.2 Å². The van der Waals surface area contributed by atoms with Crippen LogP contribution in [0.25, 0.3) is 0 Å². The van der Waals surface area contributed by atoms with Gasteiger partial charge in [-0.1, -0.05) is 0 Å². The summed E-state index contributed by atoms with van der Waals surface area (Å²) in [6, 6.07) is 2.04. The summed E-state index contributed by atoms with van der Waals surface area (Å²) in [7, 11) is 1.77. The van der Waals surface area contributed by atoms with Crippen molar-refractivity contribution in [1.29, 1.82) is 0 Å². The number of nitrogens with one attached hydrogen (secondary N) is 1. The van der Waals surface area contributed by atoms with E-state index in [1.807, 2.05) is 18.4 Å². The average Bonchev–Trinajstić information content (AvgIpc) is 3.01. The first-order valence-electron chi connectivity index (χ1n) is 7.91. The van der Waals surface area contributed by atoms with Crippen LogP contribution >= 0.6 is 11.3 Å². The molecule has 2 aromatic heterocycles. The van der Waals surface area contributed by atoms with E-state index >= 15 is 0 Å². The third-order valence-electron chi connectivity index (χ3n) is 3.89. The van der Waals surface area contributed by atoms with Crippen LogP contribution in [-0.2, 0) is 11.3 Å². The van der Waals surface area contributed by atoms with E-state index in [0.29, 0.717) is 29.1 Å². The van der Waals surface area contributed by atoms with Gasteiger partial charge in [0.25, 0.3) is 5.91 Å².